The van der Waals surface area contributed by atoms with E-state index in [4.69, 9.17) is 0 Å². The van der Waals surface area contributed by atoms with Crippen molar-refractivity contribution in [2.75, 3.05) is 16.2 Å². The highest BCUT2D eigenvalue weighted by Gasteiger charge is 2.28. The summed E-state index contributed by atoms with van der Waals surface area (Å²) in [5.41, 5.74) is 1.52. The molecule has 0 aliphatic carbocycles. The van der Waals surface area contributed by atoms with E-state index in [1.54, 1.807) is 36.4 Å². The van der Waals surface area contributed by atoms with Crippen LogP contribution in [0.5, 0.6) is 0 Å². The number of hydrogen-bond donors (Lipinski definition) is 2. The average Bonchev–Trinajstić information content (AvgIpc) is 2.83. The third-order valence-electron chi connectivity index (χ3n) is 5.45. The molecule has 3 aromatic rings. The number of sulfonamides is 1. The molecule has 0 spiro atoms. The lowest BCUT2D eigenvalue weighted by atomic mass is 10.1. The van der Waals surface area contributed by atoms with E-state index >= 15 is 0 Å². The minimum atomic E-state index is -4.15. The van der Waals surface area contributed by atoms with Gasteiger partial charge in [0.1, 0.15) is 12.4 Å². The zero-order valence-corrected chi connectivity index (χ0v) is 20.6. The fraction of sp³-hybridized carbons (Fsp3) is 0.231. The zero-order valence-electron chi connectivity index (χ0n) is 19.8. The summed E-state index contributed by atoms with van der Waals surface area (Å²) in [6.07, 6.45) is 0.740. The summed E-state index contributed by atoms with van der Waals surface area (Å²) in [4.78, 5) is 25.7. The lowest BCUT2D eigenvalue weighted by Gasteiger charge is -2.24. The first-order valence-electron chi connectivity index (χ1n) is 11.2. The molecule has 1 atom stereocenters. The van der Waals surface area contributed by atoms with Crippen molar-refractivity contribution < 1.29 is 22.4 Å². The zero-order chi connectivity index (χ0) is 25.6. The van der Waals surface area contributed by atoms with Gasteiger partial charge in [-0.15, -0.1) is 0 Å². The van der Waals surface area contributed by atoms with E-state index in [9.17, 15) is 22.4 Å². The summed E-state index contributed by atoms with van der Waals surface area (Å²) in [5, 5.41) is 5.50. The number of carbonyl (C=O) groups is 2. The van der Waals surface area contributed by atoms with Gasteiger partial charge in [-0.1, -0.05) is 36.8 Å². The van der Waals surface area contributed by atoms with Crippen molar-refractivity contribution in [3.8, 4) is 0 Å². The minimum absolute atomic E-state index is 0.00597. The van der Waals surface area contributed by atoms with Gasteiger partial charge in [-0.05, 0) is 68.8 Å². The number of halogens is 1. The number of benzene rings is 3. The maximum Gasteiger partial charge on any atom is 0.264 e. The summed E-state index contributed by atoms with van der Waals surface area (Å²) >= 11 is 0. The molecule has 0 fully saturated rings. The van der Waals surface area contributed by atoms with E-state index < -0.39 is 28.3 Å². The Kier molecular flexibility index (Phi) is 8.24. The molecular weight excluding hydrogens is 469 g/mol. The third kappa shape index (κ3) is 6.45. The van der Waals surface area contributed by atoms with Crippen LogP contribution in [0.4, 0.5) is 15.8 Å². The van der Waals surface area contributed by atoms with Gasteiger partial charge in [-0.25, -0.2) is 12.8 Å². The Hall–Kier alpha value is -3.72. The van der Waals surface area contributed by atoms with Gasteiger partial charge in [0.05, 0.1) is 21.8 Å². The van der Waals surface area contributed by atoms with E-state index in [1.165, 1.54) is 24.3 Å². The second kappa shape index (κ2) is 11.1. The summed E-state index contributed by atoms with van der Waals surface area (Å²) in [5.74, 6) is -1.54. The van der Waals surface area contributed by atoms with Crippen molar-refractivity contribution in [2.45, 2.75) is 38.1 Å². The molecule has 0 aliphatic rings. The molecule has 0 saturated heterocycles. The molecule has 0 radical (unpaired) electrons. The SMILES string of the molecule is CC[C@@H](C)NC(=O)c1ccccc1NC(=O)CN(c1ccc(F)cc1)S(=O)(=O)c1ccc(C)cc1. The quantitative estimate of drug-likeness (QED) is 0.455. The van der Waals surface area contributed by atoms with Crippen molar-refractivity contribution >= 4 is 33.2 Å². The number of amides is 2. The lowest BCUT2D eigenvalue weighted by molar-refractivity contribution is -0.114. The molecule has 7 nitrogen and oxygen atoms in total. The molecule has 0 heterocycles. The normalized spacial score (nSPS) is 12.0. The average molecular weight is 498 g/mol. The van der Waals surface area contributed by atoms with E-state index in [0.717, 1.165) is 28.4 Å². The van der Waals surface area contributed by atoms with E-state index in [-0.39, 0.29) is 33.8 Å². The highest BCUT2D eigenvalue weighted by molar-refractivity contribution is 7.92. The maximum absolute atomic E-state index is 13.5. The fourth-order valence-electron chi connectivity index (χ4n) is 3.27. The van der Waals surface area contributed by atoms with Crippen LogP contribution < -0.4 is 14.9 Å². The Morgan fingerprint density at radius 1 is 0.971 bits per heavy atom. The Morgan fingerprint density at radius 2 is 1.60 bits per heavy atom. The largest absolute Gasteiger partial charge is 0.350 e. The Bertz CT molecular complexity index is 1290. The van der Waals surface area contributed by atoms with Crippen molar-refractivity contribution in [2.24, 2.45) is 0 Å². The van der Waals surface area contributed by atoms with Crippen LogP contribution in [0.2, 0.25) is 0 Å². The standard InChI is InChI=1S/C26H28FN3O4S/c1-4-19(3)28-26(32)23-7-5-6-8-24(23)29-25(31)17-30(21-13-11-20(27)12-14-21)35(33,34)22-15-9-18(2)10-16-22/h5-16,19H,4,17H2,1-3H3,(H,28,32)(H,29,31)/t19-/m1/s1. The molecule has 2 N–H and O–H groups in total. The summed E-state index contributed by atoms with van der Waals surface area (Å²) in [6.45, 7) is 5.06. The number of aryl methyl sites for hydroxylation is 1. The smallest absolute Gasteiger partial charge is 0.264 e. The molecule has 3 aromatic carbocycles. The Labute approximate surface area is 205 Å². The van der Waals surface area contributed by atoms with Crippen molar-refractivity contribution in [1.29, 1.82) is 0 Å². The van der Waals surface area contributed by atoms with Crippen LogP contribution >= 0.6 is 0 Å². The minimum Gasteiger partial charge on any atom is -0.350 e. The van der Waals surface area contributed by atoms with Gasteiger partial charge in [0.25, 0.3) is 15.9 Å². The van der Waals surface area contributed by atoms with Gasteiger partial charge in [-0.2, -0.15) is 0 Å². The van der Waals surface area contributed by atoms with Gasteiger partial charge in [0, 0.05) is 6.04 Å². The van der Waals surface area contributed by atoms with Crippen LogP contribution in [-0.4, -0.2) is 32.8 Å². The topological polar surface area (TPSA) is 95.6 Å². The molecule has 0 aromatic heterocycles. The number of hydrogen-bond acceptors (Lipinski definition) is 4. The second-order valence-electron chi connectivity index (χ2n) is 8.18. The van der Waals surface area contributed by atoms with Crippen LogP contribution in [0.15, 0.2) is 77.7 Å². The number of rotatable bonds is 9. The third-order valence-corrected chi connectivity index (χ3v) is 7.23. The molecule has 184 valence electrons. The van der Waals surface area contributed by atoms with Gasteiger partial charge in [0.15, 0.2) is 0 Å². The van der Waals surface area contributed by atoms with Gasteiger partial charge < -0.3 is 10.6 Å². The molecule has 0 saturated carbocycles. The van der Waals surface area contributed by atoms with E-state index in [0.29, 0.717) is 0 Å². The first-order valence-corrected chi connectivity index (χ1v) is 12.6. The summed E-state index contributed by atoms with van der Waals surface area (Å²) < 4.78 is 41.3. The Balaban J connectivity index is 1.90. The first-order chi connectivity index (χ1) is 16.6. The molecule has 35 heavy (non-hydrogen) atoms. The van der Waals surface area contributed by atoms with Gasteiger partial charge in [0.2, 0.25) is 5.91 Å². The number of carbonyl (C=O) groups excluding carboxylic acids is 2. The highest BCUT2D eigenvalue weighted by Crippen LogP contribution is 2.25. The molecule has 0 bridgehead atoms. The predicted molar refractivity (Wildman–Crippen MR) is 134 cm³/mol. The number of anilines is 2. The molecule has 3 rings (SSSR count). The highest BCUT2D eigenvalue weighted by atomic mass is 32.2. The van der Waals surface area contributed by atoms with E-state index in [1.807, 2.05) is 20.8 Å². The van der Waals surface area contributed by atoms with Crippen LogP contribution in [0.25, 0.3) is 0 Å². The van der Waals surface area contributed by atoms with Crippen LogP contribution in [0.3, 0.4) is 0 Å². The first kappa shape index (κ1) is 25.9. The summed E-state index contributed by atoms with van der Waals surface area (Å²) in [6, 6.07) is 17.5. The van der Waals surface area contributed by atoms with Gasteiger partial charge in [-0.3, -0.25) is 13.9 Å². The lowest BCUT2D eigenvalue weighted by Crippen LogP contribution is -2.38. The van der Waals surface area contributed by atoms with Crippen molar-refractivity contribution in [1.82, 2.24) is 5.32 Å². The predicted octanol–water partition coefficient (Wildman–Crippen LogP) is 4.50. The van der Waals surface area contributed by atoms with Crippen LogP contribution in [-0.2, 0) is 14.8 Å². The molecule has 2 amide bonds. The second-order valence-corrected chi connectivity index (χ2v) is 10.0. The number of para-hydroxylation sites is 1. The monoisotopic (exact) mass is 497 g/mol. The van der Waals surface area contributed by atoms with Crippen LogP contribution in [0, 0.1) is 12.7 Å². The van der Waals surface area contributed by atoms with Crippen molar-refractivity contribution in [3.05, 3.63) is 89.7 Å². The van der Waals surface area contributed by atoms with E-state index in [2.05, 4.69) is 10.6 Å². The molecule has 9 heteroatoms. The number of nitrogens with one attached hydrogen (secondary N) is 2. The maximum atomic E-state index is 13.5. The summed E-state index contributed by atoms with van der Waals surface area (Å²) in [7, 11) is -4.15. The molecule has 0 aliphatic heterocycles. The van der Waals surface area contributed by atoms with Crippen LogP contribution in [0.1, 0.15) is 36.2 Å². The fourth-order valence-corrected chi connectivity index (χ4v) is 4.69. The van der Waals surface area contributed by atoms with Crippen molar-refractivity contribution in [3.63, 3.8) is 0 Å². The van der Waals surface area contributed by atoms with Gasteiger partial charge >= 0.3 is 0 Å². The molecule has 0 unspecified atom stereocenters. The Morgan fingerprint density at radius 3 is 2.23 bits per heavy atom. The number of nitrogens with zero attached hydrogens (tertiary/aromatic N) is 1. The molecular formula is C26H28FN3O4S.